The number of nitrogens with zero attached hydrogens (tertiary/aromatic N) is 3. The van der Waals surface area contributed by atoms with E-state index in [0.29, 0.717) is 6.04 Å². The first-order valence-electron chi connectivity index (χ1n) is 8.65. The van der Waals surface area contributed by atoms with Crippen LogP contribution in [0.25, 0.3) is 0 Å². The highest BCUT2D eigenvalue weighted by atomic mass is 32.1. The van der Waals surface area contributed by atoms with Gasteiger partial charge in [-0.15, -0.1) is 11.3 Å². The van der Waals surface area contributed by atoms with Crippen LogP contribution in [0.15, 0.2) is 46.8 Å². The van der Waals surface area contributed by atoms with Crippen molar-refractivity contribution in [1.29, 1.82) is 0 Å². The Morgan fingerprint density at radius 2 is 2.08 bits per heavy atom. The standard InChI is InChI=1S/C19H24N4S/c1-22-11-9-20-19(22)21-13-17(15-5-3-2-4-6-15)23-10-7-18-16(14-23)8-12-24-18/h2-6,8,12,17H,7,9-11,13-14H2,1H3,(H,20,21). The van der Waals surface area contributed by atoms with E-state index in [-0.39, 0.29) is 0 Å². The van der Waals surface area contributed by atoms with Crippen LogP contribution in [-0.2, 0) is 13.0 Å². The monoisotopic (exact) mass is 340 g/mol. The van der Waals surface area contributed by atoms with E-state index in [1.165, 1.54) is 11.1 Å². The van der Waals surface area contributed by atoms with Crippen LogP contribution >= 0.6 is 11.3 Å². The third-order valence-electron chi connectivity index (χ3n) is 4.97. The Morgan fingerprint density at radius 3 is 2.88 bits per heavy atom. The SMILES string of the molecule is CN1CCN=C1NCC(c1ccccc1)N1CCc2sccc2C1. The van der Waals surface area contributed by atoms with Gasteiger partial charge in [0.05, 0.1) is 12.6 Å². The number of nitrogens with one attached hydrogen (secondary N) is 1. The molecule has 1 unspecified atom stereocenters. The van der Waals surface area contributed by atoms with Gasteiger partial charge >= 0.3 is 0 Å². The molecule has 1 N–H and O–H groups in total. The molecule has 0 radical (unpaired) electrons. The van der Waals surface area contributed by atoms with Gasteiger partial charge in [-0.2, -0.15) is 0 Å². The fraction of sp³-hybridized carbons (Fsp3) is 0.421. The normalized spacial score (nSPS) is 19.0. The lowest BCUT2D eigenvalue weighted by molar-refractivity contribution is 0.180. The van der Waals surface area contributed by atoms with Gasteiger partial charge in [-0.3, -0.25) is 9.89 Å². The summed E-state index contributed by atoms with van der Waals surface area (Å²) in [5, 5.41) is 5.81. The topological polar surface area (TPSA) is 30.9 Å². The average molecular weight is 340 g/mol. The molecule has 5 heteroatoms. The molecule has 1 aromatic heterocycles. The van der Waals surface area contributed by atoms with Gasteiger partial charge in [-0.25, -0.2) is 0 Å². The van der Waals surface area contributed by atoms with E-state index in [4.69, 9.17) is 0 Å². The van der Waals surface area contributed by atoms with Gasteiger partial charge in [0.15, 0.2) is 5.96 Å². The van der Waals surface area contributed by atoms with Crippen molar-refractivity contribution < 1.29 is 0 Å². The number of aliphatic imine (C=N–C) groups is 1. The summed E-state index contributed by atoms with van der Waals surface area (Å²) in [7, 11) is 2.11. The maximum Gasteiger partial charge on any atom is 0.193 e. The summed E-state index contributed by atoms with van der Waals surface area (Å²) in [6.45, 7) is 4.98. The molecule has 126 valence electrons. The van der Waals surface area contributed by atoms with Crippen LogP contribution in [0.4, 0.5) is 0 Å². The van der Waals surface area contributed by atoms with Crippen molar-refractivity contribution in [2.45, 2.75) is 19.0 Å². The highest BCUT2D eigenvalue weighted by molar-refractivity contribution is 7.10. The Bertz CT molecular complexity index is 709. The van der Waals surface area contributed by atoms with Gasteiger partial charge in [0.1, 0.15) is 0 Å². The molecule has 1 aromatic carbocycles. The van der Waals surface area contributed by atoms with Crippen molar-refractivity contribution >= 4 is 17.3 Å². The van der Waals surface area contributed by atoms with Crippen LogP contribution in [0.3, 0.4) is 0 Å². The van der Waals surface area contributed by atoms with Crippen molar-refractivity contribution in [3.05, 3.63) is 57.8 Å². The molecule has 0 saturated carbocycles. The van der Waals surface area contributed by atoms with Crippen LogP contribution in [0.5, 0.6) is 0 Å². The van der Waals surface area contributed by atoms with E-state index < -0.39 is 0 Å². The number of benzene rings is 1. The molecule has 0 bridgehead atoms. The lowest BCUT2D eigenvalue weighted by Crippen LogP contribution is -2.43. The average Bonchev–Trinajstić information content (AvgIpc) is 3.24. The number of guanidine groups is 1. The summed E-state index contributed by atoms with van der Waals surface area (Å²) < 4.78 is 0. The van der Waals surface area contributed by atoms with Crippen molar-refractivity contribution in [3.63, 3.8) is 0 Å². The Balaban J connectivity index is 1.52. The molecule has 2 aliphatic rings. The van der Waals surface area contributed by atoms with Gasteiger partial charge in [0, 0.05) is 38.1 Å². The van der Waals surface area contributed by atoms with Crippen LogP contribution in [0.2, 0.25) is 0 Å². The Morgan fingerprint density at radius 1 is 1.21 bits per heavy atom. The fourth-order valence-corrected chi connectivity index (χ4v) is 4.47. The molecule has 0 saturated heterocycles. The summed E-state index contributed by atoms with van der Waals surface area (Å²) in [5.74, 6) is 1.03. The Kier molecular flexibility index (Phi) is 4.54. The number of hydrogen-bond acceptors (Lipinski definition) is 5. The van der Waals surface area contributed by atoms with E-state index in [1.807, 2.05) is 11.3 Å². The predicted octanol–water partition coefficient (Wildman–Crippen LogP) is 2.74. The lowest BCUT2D eigenvalue weighted by atomic mass is 10.0. The minimum Gasteiger partial charge on any atom is -0.354 e. The highest BCUT2D eigenvalue weighted by Gasteiger charge is 2.26. The third kappa shape index (κ3) is 3.19. The second-order valence-corrected chi connectivity index (χ2v) is 7.52. The third-order valence-corrected chi connectivity index (χ3v) is 6.00. The van der Waals surface area contributed by atoms with Crippen molar-refractivity contribution in [3.8, 4) is 0 Å². The lowest BCUT2D eigenvalue weighted by Gasteiger charge is -2.35. The largest absolute Gasteiger partial charge is 0.354 e. The quantitative estimate of drug-likeness (QED) is 0.928. The molecule has 3 heterocycles. The van der Waals surface area contributed by atoms with Gasteiger partial charge in [0.25, 0.3) is 0 Å². The maximum atomic E-state index is 4.57. The van der Waals surface area contributed by atoms with E-state index in [2.05, 4.69) is 68.9 Å². The molecule has 4 rings (SSSR count). The molecule has 2 aromatic rings. The summed E-state index contributed by atoms with van der Waals surface area (Å²) in [6, 6.07) is 13.5. The summed E-state index contributed by atoms with van der Waals surface area (Å²) in [5.41, 5.74) is 2.88. The molecule has 4 nitrogen and oxygen atoms in total. The van der Waals surface area contributed by atoms with Crippen LogP contribution in [-0.4, -0.2) is 49.0 Å². The van der Waals surface area contributed by atoms with Gasteiger partial charge in [-0.1, -0.05) is 30.3 Å². The molecule has 0 aliphatic carbocycles. The second kappa shape index (κ2) is 6.95. The molecular weight excluding hydrogens is 316 g/mol. The number of rotatable bonds is 4. The number of hydrogen-bond donors (Lipinski definition) is 1. The van der Waals surface area contributed by atoms with Gasteiger partial charge in [0.2, 0.25) is 0 Å². The van der Waals surface area contributed by atoms with E-state index >= 15 is 0 Å². The van der Waals surface area contributed by atoms with Gasteiger partial charge in [-0.05, 0) is 29.0 Å². The van der Waals surface area contributed by atoms with E-state index in [0.717, 1.165) is 45.1 Å². The number of likely N-dealkylation sites (N-methyl/N-ethyl adjacent to an activating group) is 1. The number of thiophene rings is 1. The smallest absolute Gasteiger partial charge is 0.193 e. The highest BCUT2D eigenvalue weighted by Crippen LogP contribution is 2.30. The minimum absolute atomic E-state index is 0.371. The first-order chi connectivity index (χ1) is 11.8. The van der Waals surface area contributed by atoms with Crippen molar-refractivity contribution in [2.24, 2.45) is 4.99 Å². The second-order valence-electron chi connectivity index (χ2n) is 6.52. The molecular formula is C19H24N4S. The molecule has 0 fully saturated rings. The summed E-state index contributed by atoms with van der Waals surface area (Å²) in [6.07, 6.45) is 1.16. The zero-order chi connectivity index (χ0) is 16.4. The van der Waals surface area contributed by atoms with E-state index in [9.17, 15) is 0 Å². The van der Waals surface area contributed by atoms with Crippen LogP contribution in [0, 0.1) is 0 Å². The zero-order valence-electron chi connectivity index (χ0n) is 14.1. The maximum absolute atomic E-state index is 4.57. The molecule has 2 aliphatic heterocycles. The Hall–Kier alpha value is -1.85. The molecule has 24 heavy (non-hydrogen) atoms. The van der Waals surface area contributed by atoms with Crippen molar-refractivity contribution in [1.82, 2.24) is 15.1 Å². The van der Waals surface area contributed by atoms with Gasteiger partial charge < -0.3 is 10.2 Å². The predicted molar refractivity (Wildman–Crippen MR) is 101 cm³/mol. The summed E-state index contributed by atoms with van der Waals surface area (Å²) >= 11 is 1.90. The zero-order valence-corrected chi connectivity index (χ0v) is 14.9. The molecule has 0 amide bonds. The molecule has 1 atom stereocenters. The van der Waals surface area contributed by atoms with Crippen LogP contribution in [0.1, 0.15) is 22.0 Å². The Labute approximate surface area is 147 Å². The minimum atomic E-state index is 0.371. The number of fused-ring (bicyclic) bond motifs is 1. The first-order valence-corrected chi connectivity index (χ1v) is 9.53. The van der Waals surface area contributed by atoms with E-state index in [1.54, 1.807) is 4.88 Å². The first kappa shape index (κ1) is 15.7. The molecule has 0 spiro atoms. The summed E-state index contributed by atoms with van der Waals surface area (Å²) in [4.78, 5) is 10.9. The van der Waals surface area contributed by atoms with Crippen molar-refractivity contribution in [2.75, 3.05) is 33.2 Å². The van der Waals surface area contributed by atoms with Crippen LogP contribution < -0.4 is 5.32 Å². The fourth-order valence-electron chi connectivity index (χ4n) is 3.58.